The number of aromatic amines is 1. The van der Waals surface area contributed by atoms with Gasteiger partial charge in [0.1, 0.15) is 6.04 Å². The summed E-state index contributed by atoms with van der Waals surface area (Å²) < 4.78 is 0. The predicted octanol–water partition coefficient (Wildman–Crippen LogP) is 2.86. The largest absolute Gasteiger partial charge is 0.361 e. The highest BCUT2D eigenvalue weighted by Gasteiger charge is 2.39. The Morgan fingerprint density at radius 2 is 1.81 bits per heavy atom. The summed E-state index contributed by atoms with van der Waals surface area (Å²) in [7, 11) is 0. The number of nitrogens with zero attached hydrogens (tertiary/aromatic N) is 1. The van der Waals surface area contributed by atoms with Crippen LogP contribution in [0.2, 0.25) is 0 Å². The van der Waals surface area contributed by atoms with Gasteiger partial charge in [-0.1, -0.05) is 25.1 Å². The Morgan fingerprint density at radius 1 is 1.06 bits per heavy atom. The number of ketones is 1. The smallest absolute Gasteiger partial charge is 0.325 e. The van der Waals surface area contributed by atoms with Crippen molar-refractivity contribution in [3.8, 4) is 0 Å². The van der Waals surface area contributed by atoms with Crippen LogP contribution in [0.5, 0.6) is 0 Å². The van der Waals surface area contributed by atoms with E-state index in [1.807, 2.05) is 30.5 Å². The van der Waals surface area contributed by atoms with Crippen molar-refractivity contribution < 1.29 is 19.2 Å². The van der Waals surface area contributed by atoms with E-state index in [0.29, 0.717) is 24.1 Å². The monoisotopic (exact) mass is 418 g/mol. The molecule has 3 N–H and O–H groups in total. The van der Waals surface area contributed by atoms with Gasteiger partial charge in [-0.15, -0.1) is 0 Å². The molecule has 0 aliphatic carbocycles. The first kappa shape index (κ1) is 20.3. The van der Waals surface area contributed by atoms with Crippen LogP contribution in [0.3, 0.4) is 0 Å². The number of urea groups is 1. The van der Waals surface area contributed by atoms with Gasteiger partial charge in [0, 0.05) is 41.2 Å². The molecule has 1 aliphatic heterocycles. The van der Waals surface area contributed by atoms with E-state index in [1.54, 1.807) is 31.2 Å². The first-order valence-electron chi connectivity index (χ1n) is 10.1. The molecule has 158 valence electrons. The van der Waals surface area contributed by atoms with Gasteiger partial charge in [-0.05, 0) is 35.9 Å². The van der Waals surface area contributed by atoms with Crippen molar-refractivity contribution in [2.45, 2.75) is 25.8 Å². The number of aromatic nitrogens is 1. The van der Waals surface area contributed by atoms with Gasteiger partial charge in [0.15, 0.2) is 5.78 Å². The number of fused-ring (bicyclic) bond motifs is 1. The van der Waals surface area contributed by atoms with Gasteiger partial charge in [-0.2, -0.15) is 0 Å². The molecule has 1 aliphatic rings. The van der Waals surface area contributed by atoms with Crippen LogP contribution in [0.1, 0.15) is 29.3 Å². The molecule has 0 radical (unpaired) electrons. The zero-order valence-electron chi connectivity index (χ0n) is 17.0. The maximum atomic E-state index is 12.8. The van der Waals surface area contributed by atoms with Crippen LogP contribution in [0.4, 0.5) is 10.5 Å². The molecule has 1 aromatic heterocycles. The second-order valence-corrected chi connectivity index (χ2v) is 7.39. The molecule has 4 rings (SSSR count). The molecule has 4 amide bonds. The average molecular weight is 418 g/mol. The van der Waals surface area contributed by atoms with Crippen LogP contribution in [0.15, 0.2) is 54.7 Å². The normalized spacial score (nSPS) is 15.9. The number of hydrogen-bond donors (Lipinski definition) is 3. The number of hydrogen-bond acceptors (Lipinski definition) is 4. The van der Waals surface area contributed by atoms with E-state index in [-0.39, 0.29) is 18.2 Å². The van der Waals surface area contributed by atoms with Gasteiger partial charge in [-0.25, -0.2) is 4.79 Å². The van der Waals surface area contributed by atoms with Gasteiger partial charge in [0.25, 0.3) is 5.91 Å². The average Bonchev–Trinajstić information content (AvgIpc) is 3.30. The van der Waals surface area contributed by atoms with Gasteiger partial charge in [-0.3, -0.25) is 19.3 Å². The van der Waals surface area contributed by atoms with Crippen molar-refractivity contribution in [3.05, 3.63) is 65.9 Å². The highest BCUT2D eigenvalue weighted by molar-refractivity contribution is 6.09. The Kier molecular flexibility index (Phi) is 5.53. The molecule has 8 nitrogen and oxygen atoms in total. The van der Waals surface area contributed by atoms with Crippen molar-refractivity contribution >= 4 is 40.2 Å². The number of rotatable bonds is 7. The number of carbonyl (C=O) groups is 4. The molecule has 1 atom stereocenters. The van der Waals surface area contributed by atoms with Gasteiger partial charge in [0.05, 0.1) is 6.54 Å². The predicted molar refractivity (Wildman–Crippen MR) is 116 cm³/mol. The second kappa shape index (κ2) is 8.43. The summed E-state index contributed by atoms with van der Waals surface area (Å²) >= 11 is 0. The highest BCUT2D eigenvalue weighted by Crippen LogP contribution is 2.21. The third-order valence-corrected chi connectivity index (χ3v) is 5.32. The molecular weight excluding hydrogens is 396 g/mol. The second-order valence-electron chi connectivity index (χ2n) is 7.39. The number of H-pyrrole nitrogens is 1. The van der Waals surface area contributed by atoms with Crippen LogP contribution >= 0.6 is 0 Å². The third kappa shape index (κ3) is 4.18. The Morgan fingerprint density at radius 3 is 2.55 bits per heavy atom. The van der Waals surface area contributed by atoms with E-state index in [1.165, 1.54) is 0 Å². The number of anilines is 1. The summed E-state index contributed by atoms with van der Waals surface area (Å²) in [6.45, 7) is 1.41. The lowest BCUT2D eigenvalue weighted by Crippen LogP contribution is -2.36. The fraction of sp³-hybridized carbons (Fsp3) is 0.217. The number of Topliss-reactive ketones (excluding diaryl/α,β-unsaturated/α-hetero) is 1. The van der Waals surface area contributed by atoms with Crippen LogP contribution in [-0.2, 0) is 16.0 Å². The van der Waals surface area contributed by atoms with Gasteiger partial charge in [0.2, 0.25) is 5.91 Å². The molecule has 2 aromatic carbocycles. The lowest BCUT2D eigenvalue weighted by molar-refractivity contribution is -0.127. The summed E-state index contributed by atoms with van der Waals surface area (Å²) in [4.78, 5) is 53.3. The molecule has 31 heavy (non-hydrogen) atoms. The highest BCUT2D eigenvalue weighted by atomic mass is 16.2. The number of imide groups is 1. The summed E-state index contributed by atoms with van der Waals surface area (Å²) in [5, 5.41) is 6.37. The van der Waals surface area contributed by atoms with Crippen LogP contribution < -0.4 is 10.6 Å². The fourth-order valence-electron chi connectivity index (χ4n) is 3.61. The van der Waals surface area contributed by atoms with Crippen molar-refractivity contribution in [1.29, 1.82) is 0 Å². The van der Waals surface area contributed by atoms with E-state index >= 15 is 0 Å². The van der Waals surface area contributed by atoms with E-state index < -0.39 is 18.0 Å². The summed E-state index contributed by atoms with van der Waals surface area (Å²) in [6.07, 6.45) is 2.52. The standard InChI is InChI=1S/C23H22N4O4/c1-2-21(29)25-16-9-7-14(8-10-16)20(28)13-27-22(30)19(26-23(27)31)11-15-12-24-18-6-4-3-5-17(15)18/h3-10,12,19,24H,2,11,13H2,1H3,(H,25,29)(H,26,31)/t19-/m0/s1. The molecule has 0 spiro atoms. The molecule has 0 unspecified atom stereocenters. The Balaban J connectivity index is 1.42. The Hall–Kier alpha value is -3.94. The molecule has 2 heterocycles. The molecule has 0 bridgehead atoms. The lowest BCUT2D eigenvalue weighted by atomic mass is 10.0. The SMILES string of the molecule is CCC(=O)Nc1ccc(C(=O)CN2C(=O)N[C@@H](Cc3c[nH]c4ccccc34)C2=O)cc1. The number of amides is 4. The number of carbonyl (C=O) groups excluding carboxylic acids is 4. The van der Waals surface area contributed by atoms with Crippen molar-refractivity contribution in [2.24, 2.45) is 0 Å². The minimum atomic E-state index is -0.717. The number of para-hydroxylation sites is 1. The molecule has 0 saturated carbocycles. The van der Waals surface area contributed by atoms with E-state index in [4.69, 9.17) is 0 Å². The first-order chi connectivity index (χ1) is 15.0. The lowest BCUT2D eigenvalue weighted by Gasteiger charge is -2.12. The molecular formula is C23H22N4O4. The molecule has 8 heteroatoms. The topological polar surface area (TPSA) is 111 Å². The number of nitrogens with one attached hydrogen (secondary N) is 3. The van der Waals surface area contributed by atoms with Crippen LogP contribution in [0, 0.1) is 0 Å². The minimum Gasteiger partial charge on any atom is -0.361 e. The number of benzene rings is 2. The minimum absolute atomic E-state index is 0.125. The van der Waals surface area contributed by atoms with Crippen molar-refractivity contribution in [2.75, 3.05) is 11.9 Å². The van der Waals surface area contributed by atoms with Crippen LogP contribution in [-0.4, -0.2) is 46.1 Å². The first-order valence-corrected chi connectivity index (χ1v) is 10.1. The van der Waals surface area contributed by atoms with Gasteiger partial charge >= 0.3 is 6.03 Å². The zero-order valence-corrected chi connectivity index (χ0v) is 17.0. The summed E-state index contributed by atoms with van der Waals surface area (Å²) in [5.41, 5.74) is 2.82. The van der Waals surface area contributed by atoms with E-state index in [9.17, 15) is 19.2 Å². The molecule has 3 aromatic rings. The Bertz CT molecular complexity index is 1170. The maximum Gasteiger partial charge on any atom is 0.325 e. The third-order valence-electron chi connectivity index (χ3n) is 5.32. The Labute approximate surface area is 178 Å². The van der Waals surface area contributed by atoms with Crippen molar-refractivity contribution in [1.82, 2.24) is 15.2 Å². The van der Waals surface area contributed by atoms with E-state index in [0.717, 1.165) is 21.4 Å². The molecule has 1 saturated heterocycles. The van der Waals surface area contributed by atoms with Crippen LogP contribution in [0.25, 0.3) is 10.9 Å². The summed E-state index contributed by atoms with van der Waals surface area (Å²) in [6, 6.07) is 12.8. The quantitative estimate of drug-likeness (QED) is 0.405. The summed E-state index contributed by atoms with van der Waals surface area (Å²) in [5.74, 6) is -0.903. The zero-order chi connectivity index (χ0) is 22.0. The molecule has 1 fully saturated rings. The van der Waals surface area contributed by atoms with E-state index in [2.05, 4.69) is 15.6 Å². The van der Waals surface area contributed by atoms with Crippen molar-refractivity contribution in [3.63, 3.8) is 0 Å². The maximum absolute atomic E-state index is 12.8. The fourth-order valence-corrected chi connectivity index (χ4v) is 3.61. The van der Waals surface area contributed by atoms with Gasteiger partial charge < -0.3 is 15.6 Å².